The van der Waals surface area contributed by atoms with Gasteiger partial charge in [-0.2, -0.15) is 4.98 Å². The van der Waals surface area contributed by atoms with E-state index in [1.165, 1.54) is 18.6 Å². The number of halogens is 1. The number of nitrogens with one attached hydrogen (secondary N) is 2. The predicted molar refractivity (Wildman–Crippen MR) is 111 cm³/mol. The van der Waals surface area contributed by atoms with Gasteiger partial charge in [-0.3, -0.25) is 0 Å². The Kier molecular flexibility index (Phi) is 6.21. The minimum atomic E-state index is -0.249. The van der Waals surface area contributed by atoms with Crippen LogP contribution in [0.5, 0.6) is 0 Å². The average molecular weight is 388 g/mol. The van der Waals surface area contributed by atoms with Gasteiger partial charge in [0.2, 0.25) is 5.95 Å². The van der Waals surface area contributed by atoms with Crippen LogP contribution in [0.2, 0.25) is 0 Å². The Hall–Kier alpha value is -2.28. The Bertz CT molecular complexity index is 785. The molecule has 144 valence electrons. The van der Waals surface area contributed by atoms with Crippen molar-refractivity contribution in [3.8, 4) is 0 Å². The Labute approximate surface area is 165 Å². The number of thiocarbonyl (C=S) groups is 1. The van der Waals surface area contributed by atoms with Gasteiger partial charge >= 0.3 is 0 Å². The highest BCUT2D eigenvalue weighted by atomic mass is 32.1. The number of anilines is 2. The standard InChI is InChI=1S/C20H26FN5S/c1-13-8-14(2)12-26(11-13)18-9-15(3)23-19(24-18)25-20(27)22-10-16-4-6-17(21)7-5-16/h4-7,9,13-14H,8,10-12H2,1-3H3,(H2,22,23,24,25,27)/t13-,14+. The molecule has 5 nitrogen and oxygen atoms in total. The Morgan fingerprint density at radius 3 is 2.52 bits per heavy atom. The van der Waals surface area contributed by atoms with Gasteiger partial charge in [-0.05, 0) is 55.1 Å². The molecule has 0 radical (unpaired) electrons. The van der Waals surface area contributed by atoms with E-state index in [2.05, 4.69) is 39.3 Å². The highest BCUT2D eigenvalue weighted by Crippen LogP contribution is 2.25. The van der Waals surface area contributed by atoms with Crippen molar-refractivity contribution in [1.82, 2.24) is 15.3 Å². The summed E-state index contributed by atoms with van der Waals surface area (Å²) in [5.41, 5.74) is 1.84. The van der Waals surface area contributed by atoms with E-state index in [0.29, 0.717) is 29.4 Å². The van der Waals surface area contributed by atoms with Crippen LogP contribution in [-0.4, -0.2) is 28.2 Å². The number of aryl methyl sites for hydroxylation is 1. The third-order valence-corrected chi connectivity index (χ3v) is 4.87. The van der Waals surface area contributed by atoms with Crippen LogP contribution in [-0.2, 0) is 6.54 Å². The largest absolute Gasteiger partial charge is 0.358 e. The van der Waals surface area contributed by atoms with Crippen molar-refractivity contribution in [2.45, 2.75) is 33.7 Å². The third kappa shape index (κ3) is 5.60. The zero-order valence-electron chi connectivity index (χ0n) is 16.0. The van der Waals surface area contributed by atoms with Crippen molar-refractivity contribution >= 4 is 29.1 Å². The molecule has 2 heterocycles. The van der Waals surface area contributed by atoms with Gasteiger partial charge in [0, 0.05) is 31.4 Å². The summed E-state index contributed by atoms with van der Waals surface area (Å²) in [7, 11) is 0. The van der Waals surface area contributed by atoms with Crippen LogP contribution in [0.1, 0.15) is 31.5 Å². The number of piperidine rings is 1. The molecule has 1 aliphatic heterocycles. The monoisotopic (exact) mass is 387 g/mol. The van der Waals surface area contributed by atoms with Gasteiger partial charge in [0.25, 0.3) is 0 Å². The smallest absolute Gasteiger partial charge is 0.231 e. The molecule has 7 heteroatoms. The number of benzene rings is 1. The minimum Gasteiger partial charge on any atom is -0.358 e. The average Bonchev–Trinajstić information content (AvgIpc) is 2.60. The first-order valence-corrected chi connectivity index (χ1v) is 9.70. The molecule has 0 amide bonds. The maximum absolute atomic E-state index is 13.0. The van der Waals surface area contributed by atoms with E-state index in [0.717, 1.165) is 30.2 Å². The van der Waals surface area contributed by atoms with E-state index in [1.54, 1.807) is 12.1 Å². The van der Waals surface area contributed by atoms with Crippen molar-refractivity contribution in [2.75, 3.05) is 23.3 Å². The first-order chi connectivity index (χ1) is 12.9. The van der Waals surface area contributed by atoms with E-state index in [9.17, 15) is 4.39 Å². The van der Waals surface area contributed by atoms with Gasteiger partial charge in [-0.25, -0.2) is 9.37 Å². The van der Waals surface area contributed by atoms with Crippen LogP contribution in [0, 0.1) is 24.6 Å². The molecule has 1 fully saturated rings. The fraction of sp³-hybridized carbons (Fsp3) is 0.450. The molecule has 2 atom stereocenters. The van der Waals surface area contributed by atoms with Crippen molar-refractivity contribution < 1.29 is 4.39 Å². The van der Waals surface area contributed by atoms with Gasteiger partial charge in [-0.1, -0.05) is 26.0 Å². The van der Waals surface area contributed by atoms with Gasteiger partial charge in [0.15, 0.2) is 5.11 Å². The highest BCUT2D eigenvalue weighted by Gasteiger charge is 2.23. The van der Waals surface area contributed by atoms with Crippen LogP contribution in [0.3, 0.4) is 0 Å². The summed E-state index contributed by atoms with van der Waals surface area (Å²) >= 11 is 5.35. The van der Waals surface area contributed by atoms with Crippen molar-refractivity contribution in [3.05, 3.63) is 47.4 Å². The van der Waals surface area contributed by atoms with Gasteiger partial charge in [0.1, 0.15) is 11.6 Å². The topological polar surface area (TPSA) is 53.1 Å². The molecule has 0 bridgehead atoms. The molecular formula is C20H26FN5S. The molecule has 2 N–H and O–H groups in total. The number of nitrogens with zero attached hydrogens (tertiary/aromatic N) is 3. The fourth-order valence-corrected chi connectivity index (χ4v) is 3.71. The maximum Gasteiger partial charge on any atom is 0.231 e. The molecule has 1 aliphatic rings. The summed E-state index contributed by atoms with van der Waals surface area (Å²) in [5.74, 6) is 2.48. The summed E-state index contributed by atoms with van der Waals surface area (Å²) < 4.78 is 13.0. The van der Waals surface area contributed by atoms with E-state index in [4.69, 9.17) is 12.2 Å². The molecule has 3 rings (SSSR count). The van der Waals surface area contributed by atoms with E-state index in [1.807, 2.05) is 13.0 Å². The summed E-state index contributed by atoms with van der Waals surface area (Å²) in [4.78, 5) is 11.4. The Morgan fingerprint density at radius 1 is 1.19 bits per heavy atom. The lowest BCUT2D eigenvalue weighted by Crippen LogP contribution is -2.39. The van der Waals surface area contributed by atoms with Crippen LogP contribution >= 0.6 is 12.2 Å². The molecule has 0 saturated carbocycles. The van der Waals surface area contributed by atoms with E-state index >= 15 is 0 Å². The Balaban J connectivity index is 1.63. The molecule has 27 heavy (non-hydrogen) atoms. The summed E-state index contributed by atoms with van der Waals surface area (Å²) in [6, 6.07) is 8.34. The lowest BCUT2D eigenvalue weighted by atomic mass is 9.92. The second kappa shape index (κ2) is 8.61. The lowest BCUT2D eigenvalue weighted by molar-refractivity contribution is 0.355. The van der Waals surface area contributed by atoms with E-state index < -0.39 is 0 Å². The lowest BCUT2D eigenvalue weighted by Gasteiger charge is -2.36. The molecule has 2 aromatic rings. The minimum absolute atomic E-state index is 0.249. The van der Waals surface area contributed by atoms with Crippen molar-refractivity contribution in [3.63, 3.8) is 0 Å². The molecule has 0 aliphatic carbocycles. The van der Waals surface area contributed by atoms with Crippen LogP contribution in [0.25, 0.3) is 0 Å². The number of rotatable bonds is 4. The second-order valence-corrected chi connectivity index (χ2v) is 7.88. The first kappa shape index (κ1) is 19.5. The number of aromatic nitrogens is 2. The first-order valence-electron chi connectivity index (χ1n) is 9.29. The number of hydrogen-bond acceptors (Lipinski definition) is 4. The zero-order valence-corrected chi connectivity index (χ0v) is 16.8. The Morgan fingerprint density at radius 2 is 1.85 bits per heavy atom. The quantitative estimate of drug-likeness (QED) is 0.776. The SMILES string of the molecule is Cc1cc(N2C[C@H](C)C[C@H](C)C2)nc(NC(=S)NCc2ccc(F)cc2)n1. The van der Waals surface area contributed by atoms with E-state index in [-0.39, 0.29) is 5.82 Å². The predicted octanol–water partition coefficient (Wildman–Crippen LogP) is 3.89. The second-order valence-electron chi connectivity index (χ2n) is 7.48. The number of hydrogen-bond donors (Lipinski definition) is 2. The van der Waals surface area contributed by atoms with Crippen LogP contribution in [0.15, 0.2) is 30.3 Å². The fourth-order valence-electron chi connectivity index (χ4n) is 3.55. The maximum atomic E-state index is 13.0. The third-order valence-electron chi connectivity index (χ3n) is 4.63. The van der Waals surface area contributed by atoms with Gasteiger partial charge in [0.05, 0.1) is 0 Å². The van der Waals surface area contributed by atoms with Gasteiger partial charge < -0.3 is 15.5 Å². The molecule has 0 unspecified atom stereocenters. The normalized spacial score (nSPS) is 19.6. The van der Waals surface area contributed by atoms with Crippen molar-refractivity contribution in [2.24, 2.45) is 11.8 Å². The molecule has 1 aromatic carbocycles. The molecule has 0 spiro atoms. The molecule has 1 aromatic heterocycles. The zero-order chi connectivity index (χ0) is 19.4. The highest BCUT2D eigenvalue weighted by molar-refractivity contribution is 7.80. The molecular weight excluding hydrogens is 361 g/mol. The van der Waals surface area contributed by atoms with Crippen LogP contribution < -0.4 is 15.5 Å². The summed E-state index contributed by atoms with van der Waals surface area (Å²) in [6.07, 6.45) is 1.25. The van der Waals surface area contributed by atoms with Crippen LogP contribution in [0.4, 0.5) is 16.2 Å². The van der Waals surface area contributed by atoms with Gasteiger partial charge in [-0.15, -0.1) is 0 Å². The summed E-state index contributed by atoms with van der Waals surface area (Å²) in [5, 5.41) is 6.61. The molecule has 1 saturated heterocycles. The summed E-state index contributed by atoms with van der Waals surface area (Å²) in [6.45, 7) is 9.05. The van der Waals surface area contributed by atoms with Crippen molar-refractivity contribution in [1.29, 1.82) is 0 Å².